The Morgan fingerprint density at radius 1 is 1.33 bits per heavy atom. The molecule has 0 aliphatic carbocycles. The molecule has 0 saturated carbocycles. The molecule has 21 heavy (non-hydrogen) atoms. The monoisotopic (exact) mass is 293 g/mol. The van der Waals surface area contributed by atoms with Gasteiger partial charge in [-0.25, -0.2) is 14.8 Å². The Kier molecular flexibility index (Phi) is 3.33. The topological polar surface area (TPSA) is 84.8 Å². The first-order valence-corrected chi connectivity index (χ1v) is 6.97. The molecule has 3 rings (SSSR count). The van der Waals surface area contributed by atoms with Crippen LogP contribution in [0, 0.1) is 0 Å². The molecule has 0 aromatic carbocycles. The average molecular weight is 293 g/mol. The second kappa shape index (κ2) is 4.92. The minimum atomic E-state index is -1.07. The number of hydrogen-bond acceptors (Lipinski definition) is 6. The van der Waals surface area contributed by atoms with Gasteiger partial charge in [-0.05, 0) is 13.8 Å². The minimum absolute atomic E-state index is 0.0508. The summed E-state index contributed by atoms with van der Waals surface area (Å²) in [6, 6.07) is 0. The first-order chi connectivity index (χ1) is 9.89. The lowest BCUT2D eigenvalue weighted by Gasteiger charge is -2.48. The van der Waals surface area contributed by atoms with Gasteiger partial charge in [0.15, 0.2) is 5.69 Å². The summed E-state index contributed by atoms with van der Waals surface area (Å²) in [5.41, 5.74) is -0.682. The number of anilines is 1. The highest BCUT2D eigenvalue weighted by Crippen LogP contribution is 2.35. The summed E-state index contributed by atoms with van der Waals surface area (Å²) < 4.78 is 11.7. The lowest BCUT2D eigenvalue weighted by atomic mass is 9.95. The number of aromatic nitrogens is 2. The summed E-state index contributed by atoms with van der Waals surface area (Å²) >= 11 is 0. The number of rotatable bonds is 2. The van der Waals surface area contributed by atoms with Crippen LogP contribution in [-0.4, -0.2) is 58.5 Å². The molecule has 2 aliphatic heterocycles. The molecule has 7 nitrogen and oxygen atoms in total. The molecule has 2 aliphatic rings. The summed E-state index contributed by atoms with van der Waals surface area (Å²) in [4.78, 5) is 21.1. The van der Waals surface area contributed by atoms with Crippen molar-refractivity contribution in [1.29, 1.82) is 0 Å². The van der Waals surface area contributed by atoms with E-state index in [0.717, 1.165) is 6.42 Å². The fraction of sp³-hybridized carbons (Fsp3) is 0.643. The molecule has 2 fully saturated rings. The summed E-state index contributed by atoms with van der Waals surface area (Å²) in [7, 11) is 0. The van der Waals surface area contributed by atoms with Crippen molar-refractivity contribution in [2.75, 3.05) is 31.2 Å². The fourth-order valence-corrected chi connectivity index (χ4v) is 3.06. The molecule has 1 aromatic rings. The van der Waals surface area contributed by atoms with Gasteiger partial charge in [0.1, 0.15) is 11.4 Å². The first-order valence-electron chi connectivity index (χ1n) is 6.97. The number of carboxylic acids is 1. The van der Waals surface area contributed by atoms with Crippen LogP contribution in [-0.2, 0) is 9.47 Å². The third kappa shape index (κ3) is 2.84. The molecular formula is C14H19N3O4. The van der Waals surface area contributed by atoms with E-state index in [2.05, 4.69) is 14.9 Å². The summed E-state index contributed by atoms with van der Waals surface area (Å²) in [6.07, 6.45) is 3.65. The molecule has 7 heteroatoms. The number of ether oxygens (including phenoxy) is 2. The van der Waals surface area contributed by atoms with Gasteiger partial charge in [-0.2, -0.15) is 0 Å². The van der Waals surface area contributed by atoms with Crippen LogP contribution in [0.15, 0.2) is 12.4 Å². The Labute approximate surface area is 122 Å². The predicted octanol–water partition coefficient (Wildman–Crippen LogP) is 0.949. The third-order valence-electron chi connectivity index (χ3n) is 3.79. The van der Waals surface area contributed by atoms with Gasteiger partial charge in [0.05, 0.1) is 31.1 Å². The zero-order chi connectivity index (χ0) is 15.1. The van der Waals surface area contributed by atoms with E-state index in [4.69, 9.17) is 14.6 Å². The van der Waals surface area contributed by atoms with Crippen molar-refractivity contribution in [3.8, 4) is 0 Å². The number of carbonyl (C=O) groups is 1. The van der Waals surface area contributed by atoms with Gasteiger partial charge in [0, 0.05) is 19.6 Å². The van der Waals surface area contributed by atoms with E-state index < -0.39 is 5.97 Å². The van der Waals surface area contributed by atoms with Crippen LogP contribution in [0.1, 0.15) is 30.8 Å². The van der Waals surface area contributed by atoms with Crippen LogP contribution in [0.5, 0.6) is 0 Å². The van der Waals surface area contributed by atoms with Crippen LogP contribution in [0.3, 0.4) is 0 Å². The first kappa shape index (κ1) is 14.2. The van der Waals surface area contributed by atoms with E-state index in [1.165, 1.54) is 12.4 Å². The van der Waals surface area contributed by atoms with Gasteiger partial charge < -0.3 is 19.5 Å². The van der Waals surface area contributed by atoms with Gasteiger partial charge >= 0.3 is 5.97 Å². The normalized spacial score (nSPS) is 28.0. The van der Waals surface area contributed by atoms with Gasteiger partial charge in [0.25, 0.3) is 0 Å². The smallest absolute Gasteiger partial charge is 0.356 e. The van der Waals surface area contributed by atoms with Crippen LogP contribution >= 0.6 is 0 Å². The summed E-state index contributed by atoms with van der Waals surface area (Å²) in [5, 5.41) is 8.88. The third-order valence-corrected chi connectivity index (χ3v) is 3.79. The van der Waals surface area contributed by atoms with E-state index >= 15 is 0 Å². The van der Waals surface area contributed by atoms with Crippen molar-refractivity contribution in [3.63, 3.8) is 0 Å². The van der Waals surface area contributed by atoms with Crippen molar-refractivity contribution >= 4 is 11.8 Å². The Morgan fingerprint density at radius 2 is 2.14 bits per heavy atom. The second-order valence-electron chi connectivity index (χ2n) is 6.27. The van der Waals surface area contributed by atoms with Crippen molar-refractivity contribution in [2.24, 2.45) is 0 Å². The van der Waals surface area contributed by atoms with E-state index in [1.807, 2.05) is 13.8 Å². The van der Waals surface area contributed by atoms with Crippen molar-refractivity contribution in [1.82, 2.24) is 9.97 Å². The maximum absolute atomic E-state index is 10.8. The number of nitrogens with zero attached hydrogens (tertiary/aromatic N) is 3. The Bertz CT molecular complexity index is 538. The van der Waals surface area contributed by atoms with E-state index in [-0.39, 0.29) is 16.9 Å². The minimum Gasteiger partial charge on any atom is -0.476 e. The number of morpholine rings is 1. The fourth-order valence-electron chi connectivity index (χ4n) is 3.06. The van der Waals surface area contributed by atoms with Gasteiger partial charge in [-0.1, -0.05) is 0 Å². The molecule has 0 radical (unpaired) electrons. The van der Waals surface area contributed by atoms with Crippen LogP contribution in [0.4, 0.5) is 5.82 Å². The SMILES string of the molecule is CC1(C)CN(c2cnc(C(=O)O)cn2)CC2(CCOC2)O1. The largest absolute Gasteiger partial charge is 0.476 e. The molecular weight excluding hydrogens is 274 g/mol. The van der Waals surface area contributed by atoms with Crippen molar-refractivity contribution in [3.05, 3.63) is 18.1 Å². The van der Waals surface area contributed by atoms with Crippen LogP contribution in [0.2, 0.25) is 0 Å². The molecule has 0 bridgehead atoms. The van der Waals surface area contributed by atoms with E-state index in [9.17, 15) is 4.79 Å². The molecule has 1 aromatic heterocycles. The van der Waals surface area contributed by atoms with Crippen LogP contribution in [0.25, 0.3) is 0 Å². The molecule has 1 atom stereocenters. The molecule has 2 saturated heterocycles. The van der Waals surface area contributed by atoms with Crippen molar-refractivity contribution < 1.29 is 19.4 Å². The standard InChI is InChI=1S/C14H19N3O4/c1-13(2)7-17(8-14(21-13)3-4-20-9-14)11-6-15-10(5-16-11)12(18)19/h5-6H,3-4,7-9H2,1-2H3,(H,18,19). The zero-order valence-corrected chi connectivity index (χ0v) is 12.2. The number of aromatic carboxylic acids is 1. The molecule has 114 valence electrons. The lowest BCUT2D eigenvalue weighted by molar-refractivity contribution is -0.151. The number of hydrogen-bond donors (Lipinski definition) is 1. The molecule has 0 amide bonds. The Balaban J connectivity index is 1.85. The molecule has 1 N–H and O–H groups in total. The highest BCUT2D eigenvalue weighted by atomic mass is 16.6. The number of carboxylic acid groups (broad SMARTS) is 1. The van der Waals surface area contributed by atoms with E-state index in [0.29, 0.717) is 32.1 Å². The molecule has 1 unspecified atom stereocenters. The average Bonchev–Trinajstić information content (AvgIpc) is 2.84. The molecule has 3 heterocycles. The Hall–Kier alpha value is -1.73. The summed E-state index contributed by atoms with van der Waals surface area (Å²) in [6.45, 7) is 6.71. The summed E-state index contributed by atoms with van der Waals surface area (Å²) in [5.74, 6) is -0.403. The van der Waals surface area contributed by atoms with Gasteiger partial charge in [-0.15, -0.1) is 0 Å². The molecule has 1 spiro atoms. The maximum Gasteiger partial charge on any atom is 0.356 e. The zero-order valence-electron chi connectivity index (χ0n) is 12.2. The van der Waals surface area contributed by atoms with Gasteiger partial charge in [0.2, 0.25) is 0 Å². The highest BCUT2D eigenvalue weighted by molar-refractivity contribution is 5.84. The second-order valence-corrected chi connectivity index (χ2v) is 6.27. The maximum atomic E-state index is 10.8. The van der Waals surface area contributed by atoms with E-state index in [1.54, 1.807) is 0 Å². The van der Waals surface area contributed by atoms with Crippen molar-refractivity contribution in [2.45, 2.75) is 31.5 Å². The Morgan fingerprint density at radius 3 is 2.71 bits per heavy atom. The van der Waals surface area contributed by atoms with Crippen LogP contribution < -0.4 is 4.90 Å². The predicted molar refractivity (Wildman–Crippen MR) is 74.5 cm³/mol. The lowest BCUT2D eigenvalue weighted by Crippen LogP contribution is -2.60. The quantitative estimate of drug-likeness (QED) is 0.868. The van der Waals surface area contributed by atoms with Gasteiger partial charge in [-0.3, -0.25) is 0 Å². The highest BCUT2D eigenvalue weighted by Gasteiger charge is 2.47.